The third kappa shape index (κ3) is 3.41. The van der Waals surface area contributed by atoms with Gasteiger partial charge in [-0.1, -0.05) is 6.07 Å². The van der Waals surface area contributed by atoms with Crippen molar-refractivity contribution < 1.29 is 18.0 Å². The largest absolute Gasteiger partial charge is 0.416 e. The number of hydrogen-bond donors (Lipinski definition) is 0. The summed E-state index contributed by atoms with van der Waals surface area (Å²) in [6.07, 6.45) is 0.0595. The first-order valence-corrected chi connectivity index (χ1v) is 10.7. The van der Waals surface area contributed by atoms with Crippen molar-refractivity contribution in [3.8, 4) is 0 Å². The SMILES string of the molecule is Cc1cn(C2Cn3c(cccc3=O)C(=O)N2C(C)c2cn(C)c3ccc(C(F)(F)F)cc23)cn1. The third-order valence-electron chi connectivity index (χ3n) is 6.46. The molecule has 0 saturated carbocycles. The summed E-state index contributed by atoms with van der Waals surface area (Å²) in [5.74, 6) is -0.378. The minimum Gasteiger partial charge on any atom is -0.350 e. The van der Waals surface area contributed by atoms with E-state index in [0.717, 1.165) is 17.8 Å². The monoisotopic (exact) mass is 469 g/mol. The van der Waals surface area contributed by atoms with Gasteiger partial charge in [-0.3, -0.25) is 14.2 Å². The van der Waals surface area contributed by atoms with Gasteiger partial charge in [0.2, 0.25) is 0 Å². The highest BCUT2D eigenvalue weighted by Crippen LogP contribution is 2.39. The molecule has 0 aliphatic carbocycles. The van der Waals surface area contributed by atoms with E-state index >= 15 is 0 Å². The van der Waals surface area contributed by atoms with Gasteiger partial charge in [-0.2, -0.15) is 13.2 Å². The van der Waals surface area contributed by atoms with Gasteiger partial charge in [0, 0.05) is 36.4 Å². The molecule has 0 spiro atoms. The lowest BCUT2D eigenvalue weighted by molar-refractivity contribution is -0.137. The van der Waals surface area contributed by atoms with Crippen LogP contribution in [0.15, 0.2) is 59.9 Å². The van der Waals surface area contributed by atoms with E-state index in [-0.39, 0.29) is 23.7 Å². The van der Waals surface area contributed by atoms with E-state index < -0.39 is 23.9 Å². The fourth-order valence-corrected chi connectivity index (χ4v) is 4.77. The van der Waals surface area contributed by atoms with Crippen molar-refractivity contribution in [2.45, 2.75) is 38.8 Å². The second-order valence-corrected chi connectivity index (χ2v) is 8.62. The summed E-state index contributed by atoms with van der Waals surface area (Å²) < 4.78 is 45.3. The predicted molar refractivity (Wildman–Crippen MR) is 119 cm³/mol. The van der Waals surface area contributed by atoms with Gasteiger partial charge >= 0.3 is 6.18 Å². The molecule has 10 heteroatoms. The quantitative estimate of drug-likeness (QED) is 0.450. The highest BCUT2D eigenvalue weighted by atomic mass is 19.4. The Bertz CT molecular complexity index is 1480. The van der Waals surface area contributed by atoms with E-state index in [1.165, 1.54) is 22.8 Å². The number of pyridine rings is 1. The maximum Gasteiger partial charge on any atom is 0.416 e. The molecule has 0 N–H and O–H groups in total. The van der Waals surface area contributed by atoms with Crippen LogP contribution in [0.1, 0.15) is 46.4 Å². The van der Waals surface area contributed by atoms with E-state index in [4.69, 9.17) is 0 Å². The Kier molecular flexibility index (Phi) is 4.92. The fraction of sp³-hybridized carbons (Fsp3) is 0.292. The number of aryl methyl sites for hydroxylation is 2. The number of rotatable bonds is 3. The second-order valence-electron chi connectivity index (χ2n) is 8.62. The Morgan fingerprint density at radius 1 is 1.12 bits per heavy atom. The number of amides is 1. The molecular weight excluding hydrogens is 447 g/mol. The minimum absolute atomic E-state index is 0.194. The molecule has 1 aliphatic rings. The predicted octanol–water partition coefficient (Wildman–Crippen LogP) is 4.28. The molecule has 0 bridgehead atoms. The van der Waals surface area contributed by atoms with Gasteiger partial charge in [0.15, 0.2) is 0 Å². The average molecular weight is 469 g/mol. The molecule has 7 nitrogen and oxygen atoms in total. The maximum absolute atomic E-state index is 13.7. The Labute approximate surface area is 192 Å². The first-order valence-electron chi connectivity index (χ1n) is 10.7. The molecule has 2 unspecified atom stereocenters. The van der Waals surface area contributed by atoms with Gasteiger partial charge in [-0.15, -0.1) is 0 Å². The molecule has 1 amide bonds. The molecular formula is C24H22F3N5O2. The molecule has 176 valence electrons. The third-order valence-corrected chi connectivity index (χ3v) is 6.46. The first-order chi connectivity index (χ1) is 16.1. The Morgan fingerprint density at radius 2 is 1.88 bits per heavy atom. The van der Waals surface area contributed by atoms with Crippen LogP contribution in [-0.2, 0) is 19.8 Å². The molecule has 1 aromatic carbocycles. The molecule has 5 rings (SSSR count). The summed E-state index contributed by atoms with van der Waals surface area (Å²) in [5, 5.41) is 0.425. The normalized spacial score (nSPS) is 17.3. The molecule has 4 aromatic rings. The van der Waals surface area contributed by atoms with Crippen molar-refractivity contribution >= 4 is 16.8 Å². The molecule has 3 aromatic heterocycles. The zero-order chi connectivity index (χ0) is 24.4. The van der Waals surface area contributed by atoms with Gasteiger partial charge < -0.3 is 14.0 Å². The zero-order valence-corrected chi connectivity index (χ0v) is 18.7. The van der Waals surface area contributed by atoms with Crippen LogP contribution in [0.3, 0.4) is 0 Å². The summed E-state index contributed by atoms with van der Waals surface area (Å²) in [5.41, 5.74) is 1.16. The van der Waals surface area contributed by atoms with E-state index in [1.54, 1.807) is 52.8 Å². The van der Waals surface area contributed by atoms with Crippen molar-refractivity contribution in [1.29, 1.82) is 0 Å². The van der Waals surface area contributed by atoms with Crippen LogP contribution < -0.4 is 5.56 Å². The minimum atomic E-state index is -4.48. The Morgan fingerprint density at radius 3 is 2.56 bits per heavy atom. The summed E-state index contributed by atoms with van der Waals surface area (Å²) in [7, 11) is 1.76. The number of aromatic nitrogens is 4. The highest BCUT2D eigenvalue weighted by Gasteiger charge is 2.38. The average Bonchev–Trinajstić information content (AvgIpc) is 3.36. The molecule has 0 radical (unpaired) electrons. The lowest BCUT2D eigenvalue weighted by Crippen LogP contribution is -2.49. The molecule has 34 heavy (non-hydrogen) atoms. The summed E-state index contributed by atoms with van der Waals surface area (Å²) in [6, 6.07) is 7.56. The van der Waals surface area contributed by atoms with Gasteiger partial charge in [-0.05, 0) is 43.7 Å². The number of halogens is 3. The number of carbonyl (C=O) groups excluding carboxylic acids is 1. The zero-order valence-electron chi connectivity index (χ0n) is 18.7. The van der Waals surface area contributed by atoms with Gasteiger partial charge in [0.1, 0.15) is 11.9 Å². The van der Waals surface area contributed by atoms with Crippen LogP contribution in [0.4, 0.5) is 13.2 Å². The van der Waals surface area contributed by atoms with Crippen molar-refractivity contribution in [2.75, 3.05) is 0 Å². The standard InChI is InChI=1S/C24H22F3N5O2/c1-14-10-30(13-28-14)21-12-31-20(5-4-6-22(31)33)23(34)32(21)15(2)18-11-29(3)19-8-7-16(9-17(18)19)24(25,26)27/h4-11,13,15,21H,12H2,1-3H3. The van der Waals surface area contributed by atoms with Crippen molar-refractivity contribution in [2.24, 2.45) is 7.05 Å². The molecule has 4 heterocycles. The highest BCUT2D eigenvalue weighted by molar-refractivity contribution is 5.94. The van der Waals surface area contributed by atoms with E-state index in [1.807, 2.05) is 6.92 Å². The lowest BCUT2D eigenvalue weighted by Gasteiger charge is -2.41. The van der Waals surface area contributed by atoms with E-state index in [9.17, 15) is 22.8 Å². The number of hydrogen-bond acceptors (Lipinski definition) is 3. The molecule has 0 fully saturated rings. The van der Waals surface area contributed by atoms with Crippen molar-refractivity contribution in [1.82, 2.24) is 23.6 Å². The van der Waals surface area contributed by atoms with Crippen LogP contribution in [0.2, 0.25) is 0 Å². The Hall–Kier alpha value is -3.82. The second kappa shape index (κ2) is 7.61. The fourth-order valence-electron chi connectivity index (χ4n) is 4.77. The molecule has 2 atom stereocenters. The van der Waals surface area contributed by atoms with E-state index in [0.29, 0.717) is 16.5 Å². The van der Waals surface area contributed by atoms with E-state index in [2.05, 4.69) is 4.98 Å². The van der Waals surface area contributed by atoms with Crippen LogP contribution in [0.5, 0.6) is 0 Å². The number of fused-ring (bicyclic) bond motifs is 2. The van der Waals surface area contributed by atoms with Crippen LogP contribution >= 0.6 is 0 Å². The number of alkyl halides is 3. The summed E-state index contributed by atoms with van der Waals surface area (Å²) in [4.78, 5) is 32.1. The first kappa shape index (κ1) is 22.0. The topological polar surface area (TPSA) is 65.1 Å². The lowest BCUT2D eigenvalue weighted by atomic mass is 10.0. The Balaban J connectivity index is 1.68. The van der Waals surface area contributed by atoms with Crippen molar-refractivity contribution in [3.05, 3.63) is 88.0 Å². The van der Waals surface area contributed by atoms with Gasteiger partial charge in [0.25, 0.3) is 11.5 Å². The van der Waals surface area contributed by atoms with Crippen LogP contribution in [-0.4, -0.2) is 29.5 Å². The summed E-state index contributed by atoms with van der Waals surface area (Å²) >= 11 is 0. The molecule has 1 aliphatic heterocycles. The number of nitrogens with zero attached hydrogens (tertiary/aromatic N) is 5. The summed E-state index contributed by atoms with van der Waals surface area (Å²) in [6.45, 7) is 3.80. The van der Waals surface area contributed by atoms with Crippen LogP contribution in [0, 0.1) is 6.92 Å². The van der Waals surface area contributed by atoms with Gasteiger partial charge in [-0.25, -0.2) is 4.98 Å². The maximum atomic E-state index is 13.7. The van der Waals surface area contributed by atoms with Crippen molar-refractivity contribution in [3.63, 3.8) is 0 Å². The van der Waals surface area contributed by atoms with Gasteiger partial charge in [0.05, 0.1) is 30.2 Å². The number of imidazole rings is 1. The molecule has 0 saturated heterocycles. The smallest absolute Gasteiger partial charge is 0.350 e. The number of benzene rings is 1. The number of carbonyl (C=O) groups is 1. The van der Waals surface area contributed by atoms with Crippen LogP contribution in [0.25, 0.3) is 10.9 Å².